The van der Waals surface area contributed by atoms with Gasteiger partial charge >= 0.3 is 0 Å². The molecule has 1 aliphatic rings. The van der Waals surface area contributed by atoms with Crippen LogP contribution in [0.4, 0.5) is 11.4 Å². The lowest BCUT2D eigenvalue weighted by Crippen LogP contribution is -2.10. The summed E-state index contributed by atoms with van der Waals surface area (Å²) in [6, 6.07) is 11.8. The molecular formula is C17H16N2O5S. The second-order valence-electron chi connectivity index (χ2n) is 5.39. The number of hydrogen-bond donors (Lipinski definition) is 2. The van der Waals surface area contributed by atoms with Crippen LogP contribution in [0.15, 0.2) is 48.5 Å². The number of anilines is 2. The third-order valence-corrected chi connectivity index (χ3v) is 3.89. The minimum absolute atomic E-state index is 0.202. The van der Waals surface area contributed by atoms with Crippen molar-refractivity contribution < 1.29 is 22.7 Å². The molecule has 0 spiro atoms. The molecule has 0 saturated heterocycles. The van der Waals surface area contributed by atoms with E-state index in [-0.39, 0.29) is 12.7 Å². The summed E-state index contributed by atoms with van der Waals surface area (Å²) in [5.74, 6) is 1.03. The van der Waals surface area contributed by atoms with Gasteiger partial charge in [-0.1, -0.05) is 6.07 Å². The number of ether oxygens (including phenoxy) is 2. The summed E-state index contributed by atoms with van der Waals surface area (Å²) in [6.45, 7) is 0.202. The van der Waals surface area contributed by atoms with Crippen LogP contribution in [0.25, 0.3) is 6.08 Å². The molecule has 8 heteroatoms. The molecule has 0 aromatic heterocycles. The second kappa shape index (κ2) is 6.86. The van der Waals surface area contributed by atoms with Gasteiger partial charge in [0.1, 0.15) is 0 Å². The Morgan fingerprint density at radius 2 is 1.72 bits per heavy atom. The van der Waals surface area contributed by atoms with Crippen LogP contribution >= 0.6 is 0 Å². The fourth-order valence-corrected chi connectivity index (χ4v) is 2.77. The molecule has 1 aliphatic heterocycles. The zero-order valence-corrected chi connectivity index (χ0v) is 14.2. The maximum Gasteiger partial charge on any atom is 0.248 e. The predicted octanol–water partition coefficient (Wildman–Crippen LogP) is 2.44. The Balaban J connectivity index is 1.60. The van der Waals surface area contributed by atoms with Gasteiger partial charge in [-0.05, 0) is 48.0 Å². The SMILES string of the molecule is CS(=O)(=O)Nc1ccc(NC(=O)/C=C/c2ccc3c(c2)OCO3)cc1. The Bertz CT molecular complexity index is 921. The van der Waals surface area contributed by atoms with Crippen molar-refractivity contribution in [3.63, 3.8) is 0 Å². The summed E-state index contributed by atoms with van der Waals surface area (Å²) >= 11 is 0. The van der Waals surface area contributed by atoms with E-state index in [0.717, 1.165) is 11.8 Å². The van der Waals surface area contributed by atoms with Gasteiger partial charge in [0.15, 0.2) is 11.5 Å². The Morgan fingerprint density at radius 3 is 2.44 bits per heavy atom. The number of fused-ring (bicyclic) bond motifs is 1. The fraction of sp³-hybridized carbons (Fsp3) is 0.118. The van der Waals surface area contributed by atoms with Crippen molar-refractivity contribution in [3.05, 3.63) is 54.1 Å². The number of carbonyl (C=O) groups is 1. The standard InChI is InChI=1S/C17H16N2O5S/c1-25(21,22)19-14-6-4-13(5-7-14)18-17(20)9-3-12-2-8-15-16(10-12)24-11-23-15/h2-10,19H,11H2,1H3,(H,18,20)/b9-3+. The van der Waals surface area contributed by atoms with Crippen molar-refractivity contribution in [3.8, 4) is 11.5 Å². The largest absolute Gasteiger partial charge is 0.454 e. The van der Waals surface area contributed by atoms with Crippen molar-refractivity contribution >= 4 is 33.4 Å². The molecule has 25 heavy (non-hydrogen) atoms. The Hall–Kier alpha value is -3.00. The highest BCUT2D eigenvalue weighted by atomic mass is 32.2. The van der Waals surface area contributed by atoms with E-state index >= 15 is 0 Å². The molecule has 7 nitrogen and oxygen atoms in total. The van der Waals surface area contributed by atoms with E-state index in [4.69, 9.17) is 9.47 Å². The van der Waals surface area contributed by atoms with Crippen LogP contribution in [0.5, 0.6) is 11.5 Å². The maximum atomic E-state index is 12.0. The molecule has 2 aromatic carbocycles. The smallest absolute Gasteiger partial charge is 0.248 e. The van der Waals surface area contributed by atoms with Crippen molar-refractivity contribution in [2.24, 2.45) is 0 Å². The number of hydrogen-bond acceptors (Lipinski definition) is 5. The van der Waals surface area contributed by atoms with Crippen LogP contribution in [0.2, 0.25) is 0 Å². The Labute approximate surface area is 145 Å². The van der Waals surface area contributed by atoms with Gasteiger partial charge in [0.25, 0.3) is 0 Å². The number of rotatable bonds is 5. The minimum atomic E-state index is -3.32. The van der Waals surface area contributed by atoms with Crippen LogP contribution in [-0.2, 0) is 14.8 Å². The molecule has 0 fully saturated rings. The van der Waals surface area contributed by atoms with Gasteiger partial charge in [0.2, 0.25) is 22.7 Å². The van der Waals surface area contributed by atoms with Gasteiger partial charge in [0, 0.05) is 17.5 Å². The van der Waals surface area contributed by atoms with Gasteiger partial charge in [0.05, 0.1) is 6.26 Å². The van der Waals surface area contributed by atoms with E-state index < -0.39 is 10.0 Å². The lowest BCUT2D eigenvalue weighted by molar-refractivity contribution is -0.111. The van der Waals surface area contributed by atoms with Crippen LogP contribution in [0.1, 0.15) is 5.56 Å². The minimum Gasteiger partial charge on any atom is -0.454 e. The first-order valence-corrected chi connectivity index (χ1v) is 9.25. The molecule has 0 radical (unpaired) electrons. The second-order valence-corrected chi connectivity index (χ2v) is 7.14. The molecule has 0 saturated carbocycles. The van der Waals surface area contributed by atoms with E-state index in [1.165, 1.54) is 6.08 Å². The molecule has 1 amide bonds. The number of nitrogens with one attached hydrogen (secondary N) is 2. The third kappa shape index (κ3) is 4.74. The van der Waals surface area contributed by atoms with Gasteiger partial charge < -0.3 is 14.8 Å². The Kier molecular flexibility index (Phi) is 4.62. The summed E-state index contributed by atoms with van der Waals surface area (Å²) in [6.07, 6.45) is 4.14. The number of carbonyl (C=O) groups excluding carboxylic acids is 1. The molecule has 0 bridgehead atoms. The van der Waals surface area contributed by atoms with Crippen molar-refractivity contribution in [2.75, 3.05) is 23.1 Å². The van der Waals surface area contributed by atoms with Crippen molar-refractivity contribution in [1.29, 1.82) is 0 Å². The highest BCUT2D eigenvalue weighted by molar-refractivity contribution is 7.92. The summed E-state index contributed by atoms with van der Waals surface area (Å²) < 4.78 is 35.2. The fourth-order valence-electron chi connectivity index (χ4n) is 2.21. The van der Waals surface area contributed by atoms with E-state index in [9.17, 15) is 13.2 Å². The summed E-state index contributed by atoms with van der Waals surface area (Å²) in [5, 5.41) is 2.70. The van der Waals surface area contributed by atoms with Crippen LogP contribution in [-0.4, -0.2) is 27.4 Å². The highest BCUT2D eigenvalue weighted by Gasteiger charge is 2.12. The first-order valence-electron chi connectivity index (χ1n) is 7.36. The molecule has 2 N–H and O–H groups in total. The van der Waals surface area contributed by atoms with E-state index in [1.807, 2.05) is 6.07 Å². The molecule has 0 unspecified atom stereocenters. The van der Waals surface area contributed by atoms with E-state index in [0.29, 0.717) is 22.9 Å². The van der Waals surface area contributed by atoms with Gasteiger partial charge in [-0.3, -0.25) is 9.52 Å². The summed E-state index contributed by atoms with van der Waals surface area (Å²) in [5.41, 5.74) is 1.79. The van der Waals surface area contributed by atoms with E-state index in [2.05, 4.69) is 10.0 Å². The molecule has 0 atom stereocenters. The first kappa shape index (κ1) is 16.8. The quantitative estimate of drug-likeness (QED) is 0.799. The monoisotopic (exact) mass is 360 g/mol. The first-order chi connectivity index (χ1) is 11.9. The van der Waals surface area contributed by atoms with Crippen molar-refractivity contribution in [2.45, 2.75) is 0 Å². The molecule has 3 rings (SSSR count). The lowest BCUT2D eigenvalue weighted by atomic mass is 10.2. The molecule has 0 aliphatic carbocycles. The third-order valence-electron chi connectivity index (χ3n) is 3.28. The van der Waals surface area contributed by atoms with Gasteiger partial charge in [-0.15, -0.1) is 0 Å². The Morgan fingerprint density at radius 1 is 1.04 bits per heavy atom. The number of amides is 1. The zero-order valence-electron chi connectivity index (χ0n) is 13.4. The number of benzene rings is 2. The lowest BCUT2D eigenvalue weighted by Gasteiger charge is -2.06. The molecular weight excluding hydrogens is 344 g/mol. The zero-order chi connectivity index (χ0) is 17.9. The van der Waals surface area contributed by atoms with Gasteiger partial charge in [-0.2, -0.15) is 0 Å². The highest BCUT2D eigenvalue weighted by Crippen LogP contribution is 2.32. The van der Waals surface area contributed by atoms with Gasteiger partial charge in [-0.25, -0.2) is 8.42 Å². The average Bonchev–Trinajstić information content (AvgIpc) is 3.01. The summed E-state index contributed by atoms with van der Waals surface area (Å²) in [7, 11) is -3.32. The van der Waals surface area contributed by atoms with Crippen LogP contribution in [0, 0.1) is 0 Å². The summed E-state index contributed by atoms with van der Waals surface area (Å²) in [4.78, 5) is 12.0. The normalized spacial score (nSPS) is 13.0. The maximum absolute atomic E-state index is 12.0. The number of sulfonamides is 1. The molecule has 2 aromatic rings. The van der Waals surface area contributed by atoms with Crippen LogP contribution < -0.4 is 19.5 Å². The van der Waals surface area contributed by atoms with Crippen LogP contribution in [0.3, 0.4) is 0 Å². The predicted molar refractivity (Wildman–Crippen MR) is 95.1 cm³/mol. The molecule has 130 valence electrons. The van der Waals surface area contributed by atoms with E-state index in [1.54, 1.807) is 42.5 Å². The van der Waals surface area contributed by atoms with Crippen molar-refractivity contribution in [1.82, 2.24) is 0 Å². The topological polar surface area (TPSA) is 93.7 Å². The molecule has 1 heterocycles. The average molecular weight is 360 g/mol.